The first-order valence-electron chi connectivity index (χ1n) is 4.46. The highest BCUT2D eigenvalue weighted by Crippen LogP contribution is 2.22. The van der Waals surface area contributed by atoms with Crippen molar-refractivity contribution in [3.05, 3.63) is 23.8 Å². The van der Waals surface area contributed by atoms with E-state index < -0.39 is 0 Å². The number of rotatable bonds is 2. The van der Waals surface area contributed by atoms with Crippen LogP contribution in [-0.2, 0) is 0 Å². The number of ether oxygens (including phenoxy) is 2. The minimum atomic E-state index is 0.864. The van der Waals surface area contributed by atoms with E-state index in [-0.39, 0.29) is 0 Å². The molecule has 1 rings (SSSR count). The normalized spacial score (nSPS) is 8.38. The first-order valence-corrected chi connectivity index (χ1v) is 4.46. The Morgan fingerprint density at radius 2 is 1.62 bits per heavy atom. The summed E-state index contributed by atoms with van der Waals surface area (Å²) in [4.78, 5) is 0. The predicted octanol–water partition coefficient (Wildman–Crippen LogP) is 3.04. The zero-order valence-corrected chi connectivity index (χ0v) is 9.05. The van der Waals surface area contributed by atoms with Gasteiger partial charge in [-0.3, -0.25) is 0 Å². The monoisotopic (exact) mass is 182 g/mol. The van der Waals surface area contributed by atoms with E-state index in [0.29, 0.717) is 0 Å². The van der Waals surface area contributed by atoms with Crippen molar-refractivity contribution in [1.29, 1.82) is 0 Å². The molecule has 0 aliphatic rings. The minimum Gasteiger partial charge on any atom is -0.497 e. The fourth-order valence-corrected chi connectivity index (χ4v) is 0.978. The van der Waals surface area contributed by atoms with Crippen LogP contribution in [-0.4, -0.2) is 14.2 Å². The number of hydrogen-bond acceptors (Lipinski definition) is 2. The van der Waals surface area contributed by atoms with E-state index in [9.17, 15) is 0 Å². The number of benzene rings is 1. The Kier molecular flexibility index (Phi) is 5.77. The Morgan fingerprint density at radius 1 is 1.00 bits per heavy atom. The van der Waals surface area contributed by atoms with Gasteiger partial charge in [0.15, 0.2) is 0 Å². The smallest absolute Gasteiger partial charge is 0.122 e. The van der Waals surface area contributed by atoms with Crippen LogP contribution in [0, 0.1) is 6.92 Å². The highest BCUT2D eigenvalue weighted by atomic mass is 16.5. The van der Waals surface area contributed by atoms with Crippen LogP contribution in [0.1, 0.15) is 19.4 Å². The topological polar surface area (TPSA) is 18.5 Å². The van der Waals surface area contributed by atoms with Crippen LogP contribution in [0.5, 0.6) is 11.5 Å². The molecule has 0 radical (unpaired) electrons. The van der Waals surface area contributed by atoms with Gasteiger partial charge < -0.3 is 9.47 Å². The predicted molar refractivity (Wildman–Crippen MR) is 55.6 cm³/mol. The Hall–Kier alpha value is -1.18. The van der Waals surface area contributed by atoms with Crippen molar-refractivity contribution < 1.29 is 9.47 Å². The highest BCUT2D eigenvalue weighted by molar-refractivity contribution is 5.39. The minimum absolute atomic E-state index is 0.864. The Morgan fingerprint density at radius 3 is 2.00 bits per heavy atom. The van der Waals surface area contributed by atoms with E-state index in [4.69, 9.17) is 9.47 Å². The molecule has 0 fully saturated rings. The van der Waals surface area contributed by atoms with Crippen LogP contribution < -0.4 is 9.47 Å². The molecule has 1 aromatic carbocycles. The molecule has 1 aromatic rings. The Labute approximate surface area is 80.5 Å². The summed E-state index contributed by atoms with van der Waals surface area (Å²) in [6, 6.07) is 5.72. The van der Waals surface area contributed by atoms with Gasteiger partial charge in [-0.1, -0.05) is 13.8 Å². The van der Waals surface area contributed by atoms with Gasteiger partial charge in [-0.15, -0.1) is 0 Å². The van der Waals surface area contributed by atoms with Crippen molar-refractivity contribution in [3.63, 3.8) is 0 Å². The van der Waals surface area contributed by atoms with Crippen molar-refractivity contribution in [2.24, 2.45) is 0 Å². The van der Waals surface area contributed by atoms with Crippen molar-refractivity contribution in [2.75, 3.05) is 14.2 Å². The first-order chi connectivity index (χ1) is 6.27. The molecule has 0 bridgehead atoms. The Balaban J connectivity index is 0.000000671. The van der Waals surface area contributed by atoms with Gasteiger partial charge in [0, 0.05) is 0 Å². The third-order valence-electron chi connectivity index (χ3n) is 1.60. The summed E-state index contributed by atoms with van der Waals surface area (Å²) < 4.78 is 10.1. The molecule has 0 atom stereocenters. The molecule has 0 amide bonds. The van der Waals surface area contributed by atoms with Gasteiger partial charge in [0.2, 0.25) is 0 Å². The van der Waals surface area contributed by atoms with E-state index in [0.717, 1.165) is 17.1 Å². The standard InChI is InChI=1S/C9H12O2.C2H6/c1-7-6-8(10-2)4-5-9(7)11-3;1-2/h4-6H,1-3H3;1-2H3. The second-order valence-electron chi connectivity index (χ2n) is 2.34. The molecular weight excluding hydrogens is 164 g/mol. The van der Waals surface area contributed by atoms with Crippen LogP contribution in [0.2, 0.25) is 0 Å². The molecule has 0 unspecified atom stereocenters. The largest absolute Gasteiger partial charge is 0.497 e. The average molecular weight is 182 g/mol. The molecule has 0 saturated heterocycles. The molecule has 0 aromatic heterocycles. The maximum Gasteiger partial charge on any atom is 0.122 e. The molecular formula is C11H18O2. The second kappa shape index (κ2) is 6.35. The van der Waals surface area contributed by atoms with E-state index in [1.807, 2.05) is 39.0 Å². The molecule has 0 spiro atoms. The molecule has 0 N–H and O–H groups in total. The quantitative estimate of drug-likeness (QED) is 0.700. The maximum atomic E-state index is 5.09. The zero-order chi connectivity index (χ0) is 10.3. The summed E-state index contributed by atoms with van der Waals surface area (Å²) in [6.45, 7) is 5.99. The van der Waals surface area contributed by atoms with Gasteiger partial charge in [-0.2, -0.15) is 0 Å². The van der Waals surface area contributed by atoms with Crippen LogP contribution in [0.25, 0.3) is 0 Å². The number of hydrogen-bond donors (Lipinski definition) is 0. The summed E-state index contributed by atoms with van der Waals surface area (Å²) in [6.07, 6.45) is 0. The SMILES string of the molecule is CC.COc1ccc(OC)c(C)c1. The van der Waals surface area contributed by atoms with Crippen molar-refractivity contribution in [3.8, 4) is 11.5 Å². The molecule has 13 heavy (non-hydrogen) atoms. The number of methoxy groups -OCH3 is 2. The molecule has 74 valence electrons. The third-order valence-corrected chi connectivity index (χ3v) is 1.60. The van der Waals surface area contributed by atoms with Gasteiger partial charge in [0.25, 0.3) is 0 Å². The van der Waals surface area contributed by atoms with Crippen molar-refractivity contribution in [1.82, 2.24) is 0 Å². The summed E-state index contributed by atoms with van der Waals surface area (Å²) in [5.41, 5.74) is 1.09. The van der Waals surface area contributed by atoms with Gasteiger partial charge in [0.1, 0.15) is 11.5 Å². The number of aryl methyl sites for hydroxylation is 1. The fourth-order valence-electron chi connectivity index (χ4n) is 0.978. The fraction of sp³-hybridized carbons (Fsp3) is 0.455. The van der Waals surface area contributed by atoms with E-state index >= 15 is 0 Å². The summed E-state index contributed by atoms with van der Waals surface area (Å²) in [5, 5.41) is 0. The summed E-state index contributed by atoms with van der Waals surface area (Å²) in [7, 11) is 3.32. The van der Waals surface area contributed by atoms with Crippen LogP contribution in [0.15, 0.2) is 18.2 Å². The van der Waals surface area contributed by atoms with Crippen molar-refractivity contribution in [2.45, 2.75) is 20.8 Å². The average Bonchev–Trinajstić information content (AvgIpc) is 2.20. The van der Waals surface area contributed by atoms with Crippen LogP contribution in [0.4, 0.5) is 0 Å². The van der Waals surface area contributed by atoms with E-state index in [1.165, 1.54) is 0 Å². The lowest BCUT2D eigenvalue weighted by Crippen LogP contribution is -1.88. The molecule has 0 aliphatic carbocycles. The molecule has 0 heterocycles. The summed E-state index contributed by atoms with van der Waals surface area (Å²) >= 11 is 0. The second-order valence-corrected chi connectivity index (χ2v) is 2.34. The lowest BCUT2D eigenvalue weighted by Gasteiger charge is -2.05. The van der Waals surface area contributed by atoms with Gasteiger partial charge >= 0.3 is 0 Å². The van der Waals surface area contributed by atoms with E-state index in [2.05, 4.69) is 0 Å². The molecule has 2 heteroatoms. The first kappa shape index (κ1) is 11.8. The third kappa shape index (κ3) is 3.36. The van der Waals surface area contributed by atoms with Crippen LogP contribution >= 0.6 is 0 Å². The highest BCUT2D eigenvalue weighted by Gasteiger charge is 1.97. The Bertz CT molecular complexity index is 244. The summed E-state index contributed by atoms with van der Waals surface area (Å²) in [5.74, 6) is 1.76. The van der Waals surface area contributed by atoms with Crippen LogP contribution in [0.3, 0.4) is 0 Å². The molecule has 0 aliphatic heterocycles. The van der Waals surface area contributed by atoms with E-state index in [1.54, 1.807) is 14.2 Å². The lowest BCUT2D eigenvalue weighted by atomic mass is 10.2. The zero-order valence-electron chi connectivity index (χ0n) is 9.05. The lowest BCUT2D eigenvalue weighted by molar-refractivity contribution is 0.400. The molecule has 2 nitrogen and oxygen atoms in total. The molecule has 0 saturated carbocycles. The van der Waals surface area contributed by atoms with Gasteiger partial charge in [0.05, 0.1) is 14.2 Å². The maximum absolute atomic E-state index is 5.09. The van der Waals surface area contributed by atoms with Gasteiger partial charge in [-0.05, 0) is 30.7 Å². The van der Waals surface area contributed by atoms with Crippen molar-refractivity contribution >= 4 is 0 Å². The van der Waals surface area contributed by atoms with Gasteiger partial charge in [-0.25, -0.2) is 0 Å².